The zero-order valence-corrected chi connectivity index (χ0v) is 16.5. The van der Waals surface area contributed by atoms with Crippen molar-refractivity contribution in [2.45, 2.75) is 27.2 Å². The molecule has 2 rings (SSSR count). The van der Waals surface area contributed by atoms with E-state index in [9.17, 15) is 0 Å². The summed E-state index contributed by atoms with van der Waals surface area (Å²) in [5.74, 6) is 2.81. The van der Waals surface area contributed by atoms with Gasteiger partial charge in [-0.3, -0.25) is 0 Å². The van der Waals surface area contributed by atoms with Gasteiger partial charge in [0.15, 0.2) is 0 Å². The Hall–Kier alpha value is -3.24. The van der Waals surface area contributed by atoms with Crippen LogP contribution < -0.4 is 5.32 Å². The first-order valence-corrected chi connectivity index (χ1v) is 9.08. The lowest BCUT2D eigenvalue weighted by Gasteiger charge is -2.12. The van der Waals surface area contributed by atoms with Gasteiger partial charge in [-0.15, -0.1) is 6.42 Å². The van der Waals surface area contributed by atoms with Gasteiger partial charge >= 0.3 is 0 Å². The normalized spacial score (nSPS) is 15.0. The van der Waals surface area contributed by atoms with Crippen molar-refractivity contribution in [3.8, 4) is 12.3 Å². The number of nitrogens with one attached hydrogen (secondary N) is 1. The first-order chi connectivity index (χ1) is 13.0. The molecule has 0 saturated carbocycles. The fourth-order valence-corrected chi connectivity index (χ4v) is 2.93. The molecule has 0 saturated heterocycles. The third kappa shape index (κ3) is 5.36. The highest BCUT2D eigenvalue weighted by Gasteiger charge is 2.08. The van der Waals surface area contributed by atoms with Crippen LogP contribution >= 0.6 is 0 Å². The fourth-order valence-electron chi connectivity index (χ4n) is 2.93. The maximum absolute atomic E-state index is 5.75. The molecule has 1 aliphatic carbocycles. The lowest BCUT2D eigenvalue weighted by atomic mass is 10.00. The van der Waals surface area contributed by atoms with Crippen molar-refractivity contribution >= 4 is 5.70 Å². The molecular formula is C26H27N. The molecule has 1 nitrogen and oxygen atoms in total. The molecule has 1 heteroatoms. The largest absolute Gasteiger partial charge is 0.359 e. The van der Waals surface area contributed by atoms with E-state index in [0.717, 1.165) is 45.7 Å². The first-order valence-electron chi connectivity index (χ1n) is 9.08. The number of benzene rings is 1. The molecule has 1 N–H and O–H groups in total. The lowest BCUT2D eigenvalue weighted by Crippen LogP contribution is -2.09. The Labute approximate surface area is 163 Å². The fraction of sp³-hybridized carbons (Fsp3) is 0.154. The van der Waals surface area contributed by atoms with E-state index in [2.05, 4.69) is 86.0 Å². The highest BCUT2D eigenvalue weighted by Crippen LogP contribution is 2.25. The Balaban J connectivity index is 2.30. The van der Waals surface area contributed by atoms with Crippen LogP contribution in [0.25, 0.3) is 5.70 Å². The summed E-state index contributed by atoms with van der Waals surface area (Å²) in [5.41, 5.74) is 8.27. The second-order valence-electron chi connectivity index (χ2n) is 6.50. The molecule has 0 spiro atoms. The molecule has 0 fully saturated rings. The van der Waals surface area contributed by atoms with E-state index in [1.54, 1.807) is 0 Å². The third-order valence-corrected chi connectivity index (χ3v) is 4.42. The third-order valence-electron chi connectivity index (χ3n) is 4.42. The van der Waals surface area contributed by atoms with Crippen LogP contribution in [0, 0.1) is 19.3 Å². The Morgan fingerprint density at radius 1 is 1.22 bits per heavy atom. The average Bonchev–Trinajstić information content (AvgIpc) is 2.85. The molecule has 0 bridgehead atoms. The van der Waals surface area contributed by atoms with Gasteiger partial charge in [-0.2, -0.15) is 0 Å². The van der Waals surface area contributed by atoms with Gasteiger partial charge in [-0.05, 0) is 61.6 Å². The van der Waals surface area contributed by atoms with Crippen LogP contribution in [0.5, 0.6) is 0 Å². The Morgan fingerprint density at radius 2 is 1.93 bits per heavy atom. The van der Waals surface area contributed by atoms with Gasteiger partial charge in [-0.1, -0.05) is 73.2 Å². The predicted octanol–water partition coefficient (Wildman–Crippen LogP) is 6.41. The smallest absolute Gasteiger partial charge is 0.0382 e. The summed E-state index contributed by atoms with van der Waals surface area (Å²) < 4.78 is 0. The molecule has 0 heterocycles. The Morgan fingerprint density at radius 3 is 2.52 bits per heavy atom. The number of aryl methyl sites for hydroxylation is 1. The van der Waals surface area contributed by atoms with Gasteiger partial charge in [0.2, 0.25) is 0 Å². The van der Waals surface area contributed by atoms with Crippen molar-refractivity contribution in [2.75, 3.05) is 0 Å². The molecular weight excluding hydrogens is 326 g/mol. The van der Waals surface area contributed by atoms with Crippen LogP contribution in [0.1, 0.15) is 31.4 Å². The quantitative estimate of drug-likeness (QED) is 0.460. The van der Waals surface area contributed by atoms with Gasteiger partial charge in [0.25, 0.3) is 0 Å². The monoisotopic (exact) mass is 353 g/mol. The van der Waals surface area contributed by atoms with Gasteiger partial charge in [0.1, 0.15) is 0 Å². The molecule has 1 aliphatic rings. The molecule has 1 aromatic carbocycles. The van der Waals surface area contributed by atoms with Crippen LogP contribution in [0.3, 0.4) is 0 Å². The van der Waals surface area contributed by atoms with E-state index in [1.165, 1.54) is 5.56 Å². The number of hydrogen-bond donors (Lipinski definition) is 1. The van der Waals surface area contributed by atoms with Gasteiger partial charge < -0.3 is 5.32 Å². The molecule has 0 unspecified atom stereocenters. The number of allylic oxidation sites excluding steroid dienone is 11. The summed E-state index contributed by atoms with van der Waals surface area (Å²) >= 11 is 0. The van der Waals surface area contributed by atoms with E-state index < -0.39 is 0 Å². The van der Waals surface area contributed by atoms with Crippen LogP contribution in [0.4, 0.5) is 0 Å². The zero-order valence-electron chi connectivity index (χ0n) is 16.5. The minimum Gasteiger partial charge on any atom is -0.359 e. The van der Waals surface area contributed by atoms with Crippen LogP contribution in [-0.4, -0.2) is 0 Å². The molecule has 0 amide bonds. The molecule has 0 radical (unpaired) electrons. The van der Waals surface area contributed by atoms with Crippen LogP contribution in [0.15, 0.2) is 102 Å². The summed E-state index contributed by atoms with van der Waals surface area (Å²) in [6.45, 7) is 14.2. The summed E-state index contributed by atoms with van der Waals surface area (Å²) in [4.78, 5) is 0. The molecule has 136 valence electrons. The average molecular weight is 354 g/mol. The summed E-state index contributed by atoms with van der Waals surface area (Å²) in [5, 5.41) is 3.38. The lowest BCUT2D eigenvalue weighted by molar-refractivity contribution is 1.08. The van der Waals surface area contributed by atoms with Crippen molar-refractivity contribution in [1.29, 1.82) is 0 Å². The van der Waals surface area contributed by atoms with Gasteiger partial charge in [-0.25, -0.2) is 0 Å². The number of terminal acetylenes is 1. The molecule has 0 aliphatic heterocycles. The molecule has 0 atom stereocenters. The maximum Gasteiger partial charge on any atom is 0.0382 e. The highest BCUT2D eigenvalue weighted by atomic mass is 14.9. The van der Waals surface area contributed by atoms with Crippen molar-refractivity contribution in [3.05, 3.63) is 113 Å². The van der Waals surface area contributed by atoms with Crippen molar-refractivity contribution < 1.29 is 0 Å². The maximum atomic E-state index is 5.75. The highest BCUT2D eigenvalue weighted by molar-refractivity contribution is 5.64. The summed E-state index contributed by atoms with van der Waals surface area (Å²) in [6, 6.07) is 8.30. The van der Waals surface area contributed by atoms with Crippen molar-refractivity contribution in [1.82, 2.24) is 5.32 Å². The van der Waals surface area contributed by atoms with Gasteiger partial charge in [0.05, 0.1) is 0 Å². The Bertz CT molecular complexity index is 919. The van der Waals surface area contributed by atoms with Crippen LogP contribution in [-0.2, 0) is 0 Å². The minimum absolute atomic E-state index is 0.802. The second kappa shape index (κ2) is 9.46. The van der Waals surface area contributed by atoms with Crippen molar-refractivity contribution in [2.24, 2.45) is 0 Å². The summed E-state index contributed by atoms with van der Waals surface area (Å²) in [7, 11) is 0. The predicted molar refractivity (Wildman–Crippen MR) is 119 cm³/mol. The Kier molecular flexibility index (Phi) is 7.03. The second-order valence-corrected chi connectivity index (χ2v) is 6.50. The molecule has 1 aromatic rings. The SMILES string of the molecule is C#CC1=CCC=C(/C(C=C)=C/C)C=C1/C=C(\C)NC(=C)c1ccc(C)cc1. The van der Waals surface area contributed by atoms with E-state index in [-0.39, 0.29) is 0 Å². The molecule has 27 heavy (non-hydrogen) atoms. The standard InChI is InChI=1S/C26H27N/c1-7-22(8-2)25-12-10-11-23(9-3)26(18-25)17-20(5)27-21(6)24-15-13-19(4)14-16-24/h3,7-8,11-18,27H,1,6,10H2,2,4-5H3/b20-17+,22-8+. The topological polar surface area (TPSA) is 12.0 Å². The first kappa shape index (κ1) is 20.1. The van der Waals surface area contributed by atoms with E-state index >= 15 is 0 Å². The van der Waals surface area contributed by atoms with Crippen LogP contribution in [0.2, 0.25) is 0 Å². The number of hydrogen-bond acceptors (Lipinski definition) is 1. The van der Waals surface area contributed by atoms with E-state index in [0.29, 0.717) is 0 Å². The minimum atomic E-state index is 0.802. The van der Waals surface area contributed by atoms with Gasteiger partial charge in [0, 0.05) is 17.0 Å². The summed E-state index contributed by atoms with van der Waals surface area (Å²) in [6.07, 6.45) is 18.9. The molecule has 0 aromatic heterocycles. The number of rotatable bonds is 6. The van der Waals surface area contributed by atoms with Crippen molar-refractivity contribution in [3.63, 3.8) is 0 Å². The van der Waals surface area contributed by atoms with E-state index in [1.807, 2.05) is 19.9 Å². The van der Waals surface area contributed by atoms with E-state index in [4.69, 9.17) is 6.42 Å². The zero-order chi connectivity index (χ0) is 19.8.